The molecule has 21 heavy (non-hydrogen) atoms. The van der Waals surface area contributed by atoms with Crippen molar-refractivity contribution in [3.8, 4) is 0 Å². The van der Waals surface area contributed by atoms with Gasteiger partial charge in [0.1, 0.15) is 6.33 Å². The zero-order valence-electron chi connectivity index (χ0n) is 11.6. The molecule has 0 spiro atoms. The number of carbonyl (C=O) groups excluding carboxylic acids is 1. The Kier molecular flexibility index (Phi) is 4.69. The minimum Gasteiger partial charge on any atom is -0.306 e. The van der Waals surface area contributed by atoms with Gasteiger partial charge in [-0.25, -0.2) is 0 Å². The molecule has 1 heterocycles. The second-order valence-electron chi connectivity index (χ2n) is 4.63. The maximum atomic E-state index is 12.1. The van der Waals surface area contributed by atoms with Crippen molar-refractivity contribution in [1.29, 1.82) is 0 Å². The molecule has 0 saturated carbocycles. The van der Waals surface area contributed by atoms with Gasteiger partial charge in [0.2, 0.25) is 0 Å². The molecule has 0 radical (unpaired) electrons. The zero-order valence-corrected chi connectivity index (χ0v) is 12.4. The first-order valence-corrected chi connectivity index (χ1v) is 7.27. The lowest BCUT2D eigenvalue weighted by Gasteiger charge is -2.08. The molecule has 7 nitrogen and oxygen atoms in total. The number of hydrogen-bond donors (Lipinski definition) is 0. The van der Waals surface area contributed by atoms with Gasteiger partial charge in [0.05, 0.1) is 10.7 Å². The Hall–Kier alpha value is -2.22. The Bertz CT molecular complexity index is 669. The molecule has 0 atom stereocenters. The Morgan fingerprint density at radius 1 is 1.48 bits per heavy atom. The Morgan fingerprint density at radius 2 is 2.24 bits per heavy atom. The number of nitrogens with zero attached hydrogens (tertiary/aromatic N) is 4. The van der Waals surface area contributed by atoms with Crippen LogP contribution in [0.4, 0.5) is 5.69 Å². The van der Waals surface area contributed by atoms with E-state index in [1.54, 1.807) is 12.4 Å². The second-order valence-corrected chi connectivity index (χ2v) is 5.58. The van der Waals surface area contributed by atoms with Gasteiger partial charge in [0, 0.05) is 23.7 Å². The van der Waals surface area contributed by atoms with Gasteiger partial charge in [-0.05, 0) is 13.8 Å². The number of carbonyl (C=O) groups is 1. The van der Waals surface area contributed by atoms with E-state index in [2.05, 4.69) is 10.2 Å². The van der Waals surface area contributed by atoms with Crippen LogP contribution in [0.25, 0.3) is 0 Å². The Labute approximate surface area is 125 Å². The van der Waals surface area contributed by atoms with Crippen molar-refractivity contribution in [1.82, 2.24) is 14.8 Å². The third kappa shape index (κ3) is 3.66. The molecule has 0 aliphatic heterocycles. The Morgan fingerprint density at radius 3 is 2.90 bits per heavy atom. The average molecular weight is 306 g/mol. The molecular formula is C13H14N4O3S. The summed E-state index contributed by atoms with van der Waals surface area (Å²) in [6.07, 6.45) is 1.62. The fourth-order valence-electron chi connectivity index (χ4n) is 1.70. The van der Waals surface area contributed by atoms with Gasteiger partial charge >= 0.3 is 0 Å². The SMILES string of the molecule is CC(C)n1cnnc1SCC(=O)c1cccc([N+](=O)[O-])c1. The van der Waals surface area contributed by atoms with Gasteiger partial charge in [-0.2, -0.15) is 0 Å². The minimum absolute atomic E-state index is 0.0869. The monoisotopic (exact) mass is 306 g/mol. The van der Waals surface area contributed by atoms with Gasteiger partial charge in [-0.15, -0.1) is 10.2 Å². The topological polar surface area (TPSA) is 90.9 Å². The lowest BCUT2D eigenvalue weighted by Crippen LogP contribution is -2.06. The largest absolute Gasteiger partial charge is 0.306 e. The predicted molar refractivity (Wildman–Crippen MR) is 78.6 cm³/mol. The van der Waals surface area contributed by atoms with Crippen LogP contribution in [0.2, 0.25) is 0 Å². The van der Waals surface area contributed by atoms with Crippen LogP contribution in [0.5, 0.6) is 0 Å². The molecule has 0 aliphatic rings. The van der Waals surface area contributed by atoms with Crippen molar-refractivity contribution >= 4 is 23.2 Å². The maximum Gasteiger partial charge on any atom is 0.270 e. The summed E-state index contributed by atoms with van der Waals surface area (Å²) in [5, 5.41) is 19.2. The van der Waals surface area contributed by atoms with Crippen LogP contribution >= 0.6 is 11.8 Å². The van der Waals surface area contributed by atoms with Crippen LogP contribution in [0, 0.1) is 10.1 Å². The lowest BCUT2D eigenvalue weighted by atomic mass is 10.1. The Balaban J connectivity index is 2.06. The molecule has 110 valence electrons. The van der Waals surface area contributed by atoms with Crippen LogP contribution in [-0.4, -0.2) is 31.2 Å². The number of thioether (sulfide) groups is 1. The van der Waals surface area contributed by atoms with E-state index in [-0.39, 0.29) is 23.3 Å². The van der Waals surface area contributed by atoms with Crippen LogP contribution in [0.15, 0.2) is 35.7 Å². The number of aromatic nitrogens is 3. The molecule has 0 fully saturated rings. The van der Waals surface area contributed by atoms with Crippen molar-refractivity contribution in [2.75, 3.05) is 5.75 Å². The van der Waals surface area contributed by atoms with E-state index in [1.807, 2.05) is 18.4 Å². The van der Waals surface area contributed by atoms with E-state index < -0.39 is 4.92 Å². The summed E-state index contributed by atoms with van der Waals surface area (Å²) in [4.78, 5) is 22.3. The number of nitro groups is 1. The van der Waals surface area contributed by atoms with Crippen LogP contribution in [0.3, 0.4) is 0 Å². The van der Waals surface area contributed by atoms with Crippen molar-refractivity contribution in [2.45, 2.75) is 25.0 Å². The van der Waals surface area contributed by atoms with Crippen molar-refractivity contribution in [2.24, 2.45) is 0 Å². The molecule has 0 amide bonds. The molecule has 1 aromatic carbocycles. The number of ketones is 1. The van der Waals surface area contributed by atoms with Gasteiger partial charge in [0.15, 0.2) is 10.9 Å². The van der Waals surface area contributed by atoms with Gasteiger partial charge in [-0.3, -0.25) is 14.9 Å². The number of nitro benzene ring substituents is 1. The average Bonchev–Trinajstić information content (AvgIpc) is 2.93. The molecule has 2 aromatic rings. The highest BCUT2D eigenvalue weighted by Gasteiger charge is 2.14. The first-order chi connectivity index (χ1) is 9.99. The number of hydrogen-bond acceptors (Lipinski definition) is 6. The fraction of sp³-hybridized carbons (Fsp3) is 0.308. The first kappa shape index (κ1) is 15.2. The normalized spacial score (nSPS) is 10.8. The molecule has 8 heteroatoms. The lowest BCUT2D eigenvalue weighted by molar-refractivity contribution is -0.384. The van der Waals surface area contributed by atoms with Gasteiger partial charge in [-0.1, -0.05) is 23.9 Å². The first-order valence-electron chi connectivity index (χ1n) is 6.29. The molecule has 0 bridgehead atoms. The molecule has 2 rings (SSSR count). The predicted octanol–water partition coefficient (Wildman–Crippen LogP) is 2.74. The standard InChI is InChI=1S/C13H14N4O3S/c1-9(2)16-8-14-15-13(16)21-7-12(18)10-4-3-5-11(6-10)17(19)20/h3-6,8-9H,7H2,1-2H3. The number of Topliss-reactive ketones (excluding diaryl/α,β-unsaturated/α-hetero) is 1. The summed E-state index contributed by atoms with van der Waals surface area (Å²) in [7, 11) is 0. The van der Waals surface area contributed by atoms with E-state index >= 15 is 0 Å². The molecule has 0 unspecified atom stereocenters. The quantitative estimate of drug-likeness (QED) is 0.353. The van der Waals surface area contributed by atoms with Gasteiger partial charge < -0.3 is 4.57 Å². The minimum atomic E-state index is -0.515. The highest BCUT2D eigenvalue weighted by atomic mass is 32.2. The van der Waals surface area contributed by atoms with Crippen molar-refractivity contribution < 1.29 is 9.72 Å². The summed E-state index contributed by atoms with van der Waals surface area (Å²) in [5.41, 5.74) is 0.239. The van der Waals surface area contributed by atoms with Crippen LogP contribution in [0.1, 0.15) is 30.2 Å². The number of rotatable bonds is 6. The van der Waals surface area contributed by atoms with E-state index in [0.717, 1.165) is 0 Å². The number of non-ortho nitro benzene ring substituents is 1. The van der Waals surface area contributed by atoms with Crippen molar-refractivity contribution in [3.63, 3.8) is 0 Å². The summed E-state index contributed by atoms with van der Waals surface area (Å²) >= 11 is 1.27. The van der Waals surface area contributed by atoms with Crippen molar-refractivity contribution in [3.05, 3.63) is 46.3 Å². The zero-order chi connectivity index (χ0) is 15.4. The molecule has 0 saturated heterocycles. The highest BCUT2D eigenvalue weighted by Crippen LogP contribution is 2.21. The third-order valence-electron chi connectivity index (χ3n) is 2.81. The third-order valence-corrected chi connectivity index (χ3v) is 3.77. The molecule has 0 N–H and O–H groups in total. The highest BCUT2D eigenvalue weighted by molar-refractivity contribution is 7.99. The summed E-state index contributed by atoms with van der Waals surface area (Å²) in [6, 6.07) is 5.93. The fourth-order valence-corrected chi connectivity index (χ4v) is 2.63. The van der Waals surface area contributed by atoms with Gasteiger partial charge in [0.25, 0.3) is 5.69 Å². The van der Waals surface area contributed by atoms with E-state index in [4.69, 9.17) is 0 Å². The second kappa shape index (κ2) is 6.49. The molecule has 1 aromatic heterocycles. The summed E-state index contributed by atoms with van der Waals surface area (Å²) < 4.78 is 1.87. The van der Waals surface area contributed by atoms with E-state index in [1.165, 1.54) is 30.0 Å². The smallest absolute Gasteiger partial charge is 0.270 e. The van der Waals surface area contributed by atoms with Crippen LogP contribution < -0.4 is 0 Å². The van der Waals surface area contributed by atoms with Crippen LogP contribution in [-0.2, 0) is 0 Å². The number of benzene rings is 1. The summed E-state index contributed by atoms with van der Waals surface area (Å²) in [6.45, 7) is 3.99. The molecule has 0 aliphatic carbocycles. The van der Waals surface area contributed by atoms with E-state index in [9.17, 15) is 14.9 Å². The van der Waals surface area contributed by atoms with E-state index in [0.29, 0.717) is 10.7 Å². The summed E-state index contributed by atoms with van der Waals surface area (Å²) in [5.74, 6) is -0.0194. The maximum absolute atomic E-state index is 12.1. The molecular weight excluding hydrogens is 292 g/mol.